The Morgan fingerprint density at radius 1 is 1.31 bits per heavy atom. The molecule has 0 aliphatic carbocycles. The quantitative estimate of drug-likeness (QED) is 0.584. The molecule has 0 aliphatic heterocycles. The molecular weight excluding hydrogens is 238 g/mol. The van der Waals surface area contributed by atoms with E-state index in [4.69, 9.17) is 11.6 Å². The van der Waals surface area contributed by atoms with Crippen LogP contribution in [0.25, 0.3) is 0 Å². The van der Waals surface area contributed by atoms with Crippen LogP contribution >= 0.6 is 23.4 Å². The van der Waals surface area contributed by atoms with Gasteiger partial charge in [-0.15, -0.1) is 11.8 Å². The van der Waals surface area contributed by atoms with Gasteiger partial charge in [0.15, 0.2) is 0 Å². The Labute approximate surface area is 108 Å². The highest BCUT2D eigenvalue weighted by molar-refractivity contribution is 7.99. The zero-order valence-electron chi connectivity index (χ0n) is 10.0. The number of halogens is 1. The predicted octanol–water partition coefficient (Wildman–Crippen LogP) is 4.07. The van der Waals surface area contributed by atoms with Gasteiger partial charge in [-0.3, -0.25) is 0 Å². The second-order valence-corrected chi connectivity index (χ2v) is 5.84. The maximum atomic E-state index is 5.91. The standard InChI is InChI=1S/C13H20ClNS/c1-11(2)6-7-15-8-9-16-13-5-3-4-12(14)10-13/h3-5,10-11,15H,6-9H2,1-2H3. The summed E-state index contributed by atoms with van der Waals surface area (Å²) in [4.78, 5) is 1.25. The van der Waals surface area contributed by atoms with Crippen LogP contribution in [-0.2, 0) is 0 Å². The summed E-state index contributed by atoms with van der Waals surface area (Å²) in [6.45, 7) is 6.68. The smallest absolute Gasteiger partial charge is 0.0417 e. The molecule has 0 spiro atoms. The molecule has 1 rings (SSSR count). The molecule has 0 aromatic heterocycles. The highest BCUT2D eigenvalue weighted by atomic mass is 35.5. The van der Waals surface area contributed by atoms with Gasteiger partial charge in [0, 0.05) is 22.2 Å². The summed E-state index contributed by atoms with van der Waals surface area (Å²) in [6.07, 6.45) is 1.25. The van der Waals surface area contributed by atoms with Crippen LogP contribution in [0.3, 0.4) is 0 Å². The Hall–Kier alpha value is -0.180. The van der Waals surface area contributed by atoms with E-state index in [0.29, 0.717) is 0 Å². The molecule has 0 bridgehead atoms. The van der Waals surface area contributed by atoms with Crippen LogP contribution < -0.4 is 5.32 Å². The van der Waals surface area contributed by atoms with Gasteiger partial charge in [0.05, 0.1) is 0 Å². The topological polar surface area (TPSA) is 12.0 Å². The van der Waals surface area contributed by atoms with Crippen molar-refractivity contribution in [1.82, 2.24) is 5.32 Å². The normalized spacial score (nSPS) is 11.0. The van der Waals surface area contributed by atoms with Crippen molar-refractivity contribution < 1.29 is 0 Å². The molecule has 0 radical (unpaired) electrons. The van der Waals surface area contributed by atoms with Gasteiger partial charge in [0.1, 0.15) is 0 Å². The lowest BCUT2D eigenvalue weighted by Gasteiger charge is -2.06. The minimum Gasteiger partial charge on any atom is -0.316 e. The van der Waals surface area contributed by atoms with Gasteiger partial charge in [-0.1, -0.05) is 31.5 Å². The lowest BCUT2D eigenvalue weighted by Crippen LogP contribution is -2.19. The van der Waals surface area contributed by atoms with Crippen molar-refractivity contribution in [2.24, 2.45) is 5.92 Å². The van der Waals surface area contributed by atoms with E-state index in [2.05, 4.69) is 25.2 Å². The van der Waals surface area contributed by atoms with E-state index < -0.39 is 0 Å². The molecule has 1 N–H and O–H groups in total. The first-order valence-electron chi connectivity index (χ1n) is 5.77. The van der Waals surface area contributed by atoms with Crippen molar-refractivity contribution in [3.63, 3.8) is 0 Å². The van der Waals surface area contributed by atoms with Gasteiger partial charge in [-0.2, -0.15) is 0 Å². The molecule has 3 heteroatoms. The third-order valence-corrected chi connectivity index (χ3v) is 3.47. The summed E-state index contributed by atoms with van der Waals surface area (Å²) < 4.78 is 0. The average molecular weight is 258 g/mol. The Morgan fingerprint density at radius 3 is 2.81 bits per heavy atom. The Bertz CT molecular complexity index is 302. The highest BCUT2D eigenvalue weighted by Crippen LogP contribution is 2.20. The highest BCUT2D eigenvalue weighted by Gasteiger charge is 1.96. The van der Waals surface area contributed by atoms with E-state index >= 15 is 0 Å². The maximum Gasteiger partial charge on any atom is 0.0417 e. The first-order chi connectivity index (χ1) is 7.68. The van der Waals surface area contributed by atoms with Crippen molar-refractivity contribution in [3.05, 3.63) is 29.3 Å². The molecule has 0 saturated carbocycles. The first-order valence-corrected chi connectivity index (χ1v) is 7.14. The SMILES string of the molecule is CC(C)CCNCCSc1cccc(Cl)c1. The van der Waals surface area contributed by atoms with Gasteiger partial charge in [0.2, 0.25) is 0 Å². The third kappa shape index (κ3) is 6.41. The van der Waals surface area contributed by atoms with Crippen LogP contribution in [0.2, 0.25) is 5.02 Å². The summed E-state index contributed by atoms with van der Waals surface area (Å²) in [6, 6.07) is 8.02. The minimum absolute atomic E-state index is 0.785. The monoisotopic (exact) mass is 257 g/mol. The Morgan fingerprint density at radius 2 is 2.12 bits per heavy atom. The molecule has 1 nitrogen and oxygen atoms in total. The van der Waals surface area contributed by atoms with Crippen molar-refractivity contribution in [2.45, 2.75) is 25.2 Å². The molecule has 0 amide bonds. The van der Waals surface area contributed by atoms with Crippen molar-refractivity contribution in [1.29, 1.82) is 0 Å². The van der Waals surface area contributed by atoms with Crippen LogP contribution in [0, 0.1) is 5.92 Å². The van der Waals surface area contributed by atoms with E-state index in [-0.39, 0.29) is 0 Å². The largest absolute Gasteiger partial charge is 0.316 e. The number of hydrogen-bond acceptors (Lipinski definition) is 2. The summed E-state index contributed by atoms with van der Waals surface area (Å²) in [5.41, 5.74) is 0. The minimum atomic E-state index is 0.785. The second kappa shape index (κ2) is 7.99. The van der Waals surface area contributed by atoms with Crippen LogP contribution in [0.4, 0.5) is 0 Å². The number of nitrogens with one attached hydrogen (secondary N) is 1. The van der Waals surface area contributed by atoms with Gasteiger partial charge >= 0.3 is 0 Å². The van der Waals surface area contributed by atoms with Crippen molar-refractivity contribution >= 4 is 23.4 Å². The molecule has 16 heavy (non-hydrogen) atoms. The predicted molar refractivity (Wildman–Crippen MR) is 74.5 cm³/mol. The molecule has 1 aromatic carbocycles. The number of hydrogen-bond donors (Lipinski definition) is 1. The molecule has 0 fully saturated rings. The van der Waals surface area contributed by atoms with E-state index in [9.17, 15) is 0 Å². The zero-order valence-corrected chi connectivity index (χ0v) is 11.6. The molecule has 90 valence electrons. The molecule has 0 atom stereocenters. The zero-order chi connectivity index (χ0) is 11.8. The summed E-state index contributed by atoms with van der Waals surface area (Å²) in [5, 5.41) is 4.27. The van der Waals surface area contributed by atoms with E-state index in [0.717, 1.165) is 29.8 Å². The van der Waals surface area contributed by atoms with Gasteiger partial charge in [0.25, 0.3) is 0 Å². The first kappa shape index (κ1) is 13.9. The molecule has 0 saturated heterocycles. The second-order valence-electron chi connectivity index (χ2n) is 4.24. The molecule has 0 heterocycles. The van der Waals surface area contributed by atoms with E-state index in [1.807, 2.05) is 30.0 Å². The summed E-state index contributed by atoms with van der Waals surface area (Å²) in [7, 11) is 0. The average Bonchev–Trinajstić information content (AvgIpc) is 2.23. The van der Waals surface area contributed by atoms with Crippen molar-refractivity contribution in [3.8, 4) is 0 Å². The maximum absolute atomic E-state index is 5.91. The Kier molecular flexibility index (Phi) is 6.93. The number of rotatable bonds is 7. The van der Waals surface area contributed by atoms with Gasteiger partial charge in [-0.05, 0) is 37.1 Å². The summed E-state index contributed by atoms with van der Waals surface area (Å²) in [5.74, 6) is 1.88. The van der Waals surface area contributed by atoms with Gasteiger partial charge in [-0.25, -0.2) is 0 Å². The fraction of sp³-hybridized carbons (Fsp3) is 0.538. The van der Waals surface area contributed by atoms with Crippen LogP contribution in [0.5, 0.6) is 0 Å². The summed E-state index contributed by atoms with van der Waals surface area (Å²) >= 11 is 7.76. The fourth-order valence-corrected chi connectivity index (χ4v) is 2.44. The van der Waals surface area contributed by atoms with Crippen molar-refractivity contribution in [2.75, 3.05) is 18.8 Å². The van der Waals surface area contributed by atoms with Crippen LogP contribution in [0.1, 0.15) is 20.3 Å². The lowest BCUT2D eigenvalue weighted by atomic mass is 10.1. The van der Waals surface area contributed by atoms with E-state index in [1.165, 1.54) is 11.3 Å². The molecule has 1 aromatic rings. The van der Waals surface area contributed by atoms with Gasteiger partial charge < -0.3 is 5.32 Å². The Balaban J connectivity index is 2.07. The number of thioether (sulfide) groups is 1. The fourth-order valence-electron chi connectivity index (χ4n) is 1.31. The molecular formula is C13H20ClNS. The van der Waals surface area contributed by atoms with E-state index in [1.54, 1.807) is 0 Å². The lowest BCUT2D eigenvalue weighted by molar-refractivity contribution is 0.547. The van der Waals surface area contributed by atoms with Crippen LogP contribution in [0.15, 0.2) is 29.2 Å². The third-order valence-electron chi connectivity index (χ3n) is 2.24. The number of benzene rings is 1. The molecule has 0 aliphatic rings. The van der Waals surface area contributed by atoms with Crippen LogP contribution in [-0.4, -0.2) is 18.8 Å². The molecule has 0 unspecified atom stereocenters.